The lowest BCUT2D eigenvalue weighted by atomic mass is 9.39. The van der Waals surface area contributed by atoms with Gasteiger partial charge in [0.15, 0.2) is 0 Å². The van der Waals surface area contributed by atoms with Crippen LogP contribution in [0.3, 0.4) is 0 Å². The molecule has 1 N–H and O–H groups in total. The summed E-state index contributed by atoms with van der Waals surface area (Å²) in [6.45, 7) is 5.11. The van der Waals surface area contributed by atoms with Gasteiger partial charge in [-0.15, -0.1) is 12.3 Å². The van der Waals surface area contributed by atoms with Crippen LogP contribution >= 0.6 is 0 Å². The minimum Gasteiger partial charge on any atom is -0.316 e. The second-order valence-corrected chi connectivity index (χ2v) is 8.73. The van der Waals surface area contributed by atoms with Gasteiger partial charge in [0.1, 0.15) is 0 Å². The van der Waals surface area contributed by atoms with E-state index in [2.05, 4.69) is 32.1 Å². The number of rotatable bonds is 4. The third-order valence-electron chi connectivity index (χ3n) is 6.19. The Morgan fingerprint density at radius 3 is 2.26 bits per heavy atom. The van der Waals surface area contributed by atoms with Gasteiger partial charge >= 0.3 is 0 Å². The molecule has 3 atom stereocenters. The van der Waals surface area contributed by atoms with E-state index in [0.717, 1.165) is 12.3 Å². The first-order chi connectivity index (χ1) is 8.90. The van der Waals surface area contributed by atoms with Gasteiger partial charge in [-0.05, 0) is 74.2 Å². The van der Waals surface area contributed by atoms with Crippen LogP contribution in [0.1, 0.15) is 65.2 Å². The van der Waals surface area contributed by atoms with Crippen molar-refractivity contribution in [3.63, 3.8) is 0 Å². The predicted molar refractivity (Wildman–Crippen MR) is 80.8 cm³/mol. The fraction of sp³-hybridized carbons (Fsp3) is 0.889. The Kier molecular flexibility index (Phi) is 3.02. The van der Waals surface area contributed by atoms with Crippen LogP contribution in [0.2, 0.25) is 0 Å². The highest BCUT2D eigenvalue weighted by atomic mass is 14.9. The molecule has 4 aliphatic rings. The average molecular weight is 259 g/mol. The van der Waals surface area contributed by atoms with Gasteiger partial charge in [-0.3, -0.25) is 0 Å². The largest absolute Gasteiger partial charge is 0.316 e. The monoisotopic (exact) mass is 259 g/mol. The fourth-order valence-electron chi connectivity index (χ4n) is 6.85. The summed E-state index contributed by atoms with van der Waals surface area (Å²) in [6.07, 6.45) is 16.5. The Morgan fingerprint density at radius 2 is 1.79 bits per heavy atom. The van der Waals surface area contributed by atoms with Gasteiger partial charge in [0.05, 0.1) is 0 Å². The normalized spacial score (nSPS) is 49.1. The summed E-state index contributed by atoms with van der Waals surface area (Å²) in [5.41, 5.74) is 1.85. The molecule has 0 radical (unpaired) electrons. The lowest BCUT2D eigenvalue weighted by Crippen LogP contribution is -2.56. The highest BCUT2D eigenvalue weighted by Gasteiger charge is 2.59. The zero-order valence-corrected chi connectivity index (χ0v) is 12.9. The summed E-state index contributed by atoms with van der Waals surface area (Å²) in [5, 5.41) is 3.46. The maximum absolute atomic E-state index is 5.53. The quantitative estimate of drug-likeness (QED) is 0.753. The van der Waals surface area contributed by atoms with Crippen LogP contribution in [0, 0.1) is 34.5 Å². The van der Waals surface area contributed by atoms with Crippen LogP contribution in [0.5, 0.6) is 0 Å². The number of hydrogen-bond donors (Lipinski definition) is 1. The van der Waals surface area contributed by atoms with Crippen molar-refractivity contribution in [1.82, 2.24) is 5.32 Å². The molecule has 0 aromatic rings. The molecule has 0 aromatic carbocycles. The molecule has 19 heavy (non-hydrogen) atoms. The third-order valence-corrected chi connectivity index (χ3v) is 6.19. The van der Waals surface area contributed by atoms with Crippen molar-refractivity contribution in [2.75, 3.05) is 7.05 Å². The molecule has 4 fully saturated rings. The van der Waals surface area contributed by atoms with E-state index in [-0.39, 0.29) is 0 Å². The van der Waals surface area contributed by atoms with Crippen LogP contribution in [-0.4, -0.2) is 13.1 Å². The number of terminal acetylenes is 1. The van der Waals surface area contributed by atoms with E-state index < -0.39 is 0 Å². The summed E-state index contributed by atoms with van der Waals surface area (Å²) in [6, 6.07) is 0.522. The van der Waals surface area contributed by atoms with Crippen LogP contribution in [0.15, 0.2) is 0 Å². The molecule has 0 aliphatic heterocycles. The predicted octanol–water partition coefficient (Wildman–Crippen LogP) is 3.98. The molecule has 106 valence electrons. The summed E-state index contributed by atoms with van der Waals surface area (Å²) in [5.74, 6) is 3.85. The van der Waals surface area contributed by atoms with Crippen LogP contribution in [0.4, 0.5) is 0 Å². The lowest BCUT2D eigenvalue weighted by Gasteiger charge is -2.66. The molecular formula is C18H29N. The summed E-state index contributed by atoms with van der Waals surface area (Å²) in [4.78, 5) is 0. The van der Waals surface area contributed by atoms with Gasteiger partial charge in [0.2, 0.25) is 0 Å². The Bertz CT molecular complexity index is 386. The second-order valence-electron chi connectivity index (χ2n) is 8.73. The van der Waals surface area contributed by atoms with Gasteiger partial charge in [0, 0.05) is 12.5 Å². The SMILES string of the molecule is C#CCC(CC12CC3CC(C)(CC(C)(C3)C1)C2)NC. The molecule has 0 saturated heterocycles. The maximum atomic E-state index is 5.53. The molecule has 4 bridgehead atoms. The first-order valence-electron chi connectivity index (χ1n) is 8.01. The van der Waals surface area contributed by atoms with Crippen molar-refractivity contribution in [1.29, 1.82) is 0 Å². The van der Waals surface area contributed by atoms with E-state index in [9.17, 15) is 0 Å². The van der Waals surface area contributed by atoms with E-state index in [4.69, 9.17) is 6.42 Å². The van der Waals surface area contributed by atoms with Crippen molar-refractivity contribution in [2.45, 2.75) is 71.3 Å². The van der Waals surface area contributed by atoms with Gasteiger partial charge in [0.25, 0.3) is 0 Å². The van der Waals surface area contributed by atoms with Crippen LogP contribution in [-0.2, 0) is 0 Å². The van der Waals surface area contributed by atoms with E-state index in [1.807, 2.05) is 0 Å². The van der Waals surface area contributed by atoms with Crippen molar-refractivity contribution >= 4 is 0 Å². The molecule has 0 amide bonds. The first-order valence-corrected chi connectivity index (χ1v) is 8.01. The molecule has 1 heteroatoms. The maximum Gasteiger partial charge on any atom is 0.0240 e. The standard InChI is InChI=1S/C18H29N/c1-5-6-15(19-4)10-18-9-14-7-16(2,12-18)11-17(3,8-14)13-18/h1,14-15,19H,6-13H2,2-4H3. The van der Waals surface area contributed by atoms with E-state index >= 15 is 0 Å². The smallest absolute Gasteiger partial charge is 0.0240 e. The fourth-order valence-corrected chi connectivity index (χ4v) is 6.85. The molecule has 3 unspecified atom stereocenters. The van der Waals surface area contributed by atoms with E-state index in [1.54, 1.807) is 0 Å². The van der Waals surface area contributed by atoms with Gasteiger partial charge in [-0.2, -0.15) is 0 Å². The third kappa shape index (κ3) is 2.33. The van der Waals surface area contributed by atoms with Crippen LogP contribution < -0.4 is 5.32 Å². The molecular weight excluding hydrogens is 230 g/mol. The van der Waals surface area contributed by atoms with Gasteiger partial charge in [-0.25, -0.2) is 0 Å². The second kappa shape index (κ2) is 4.26. The molecule has 0 heterocycles. The lowest BCUT2D eigenvalue weighted by molar-refractivity contribution is -0.149. The van der Waals surface area contributed by atoms with Gasteiger partial charge < -0.3 is 5.32 Å². The van der Waals surface area contributed by atoms with Crippen molar-refractivity contribution < 1.29 is 0 Å². The summed E-state index contributed by atoms with van der Waals surface area (Å²) in [7, 11) is 2.08. The molecule has 0 spiro atoms. The summed E-state index contributed by atoms with van der Waals surface area (Å²) >= 11 is 0. The van der Waals surface area contributed by atoms with Crippen LogP contribution in [0.25, 0.3) is 0 Å². The van der Waals surface area contributed by atoms with Gasteiger partial charge in [-0.1, -0.05) is 13.8 Å². The topological polar surface area (TPSA) is 12.0 Å². The van der Waals surface area contributed by atoms with Crippen molar-refractivity contribution in [3.05, 3.63) is 0 Å². The highest BCUT2D eigenvalue weighted by Crippen LogP contribution is 2.70. The Labute approximate surface area is 118 Å². The van der Waals surface area contributed by atoms with E-state index in [0.29, 0.717) is 22.3 Å². The number of hydrogen-bond acceptors (Lipinski definition) is 1. The summed E-state index contributed by atoms with van der Waals surface area (Å²) < 4.78 is 0. The zero-order chi connectivity index (χ0) is 13.7. The minimum atomic E-state index is 0.522. The van der Waals surface area contributed by atoms with Crippen molar-refractivity contribution in [2.24, 2.45) is 22.2 Å². The first kappa shape index (κ1) is 13.5. The Hall–Kier alpha value is -0.480. The van der Waals surface area contributed by atoms with E-state index in [1.165, 1.54) is 44.9 Å². The Balaban J connectivity index is 1.82. The molecule has 4 saturated carbocycles. The average Bonchev–Trinajstić information content (AvgIpc) is 2.22. The molecule has 1 nitrogen and oxygen atoms in total. The molecule has 4 rings (SSSR count). The molecule has 4 aliphatic carbocycles. The number of nitrogens with one attached hydrogen (secondary N) is 1. The minimum absolute atomic E-state index is 0.522. The molecule has 0 aromatic heterocycles. The highest BCUT2D eigenvalue weighted by molar-refractivity contribution is 5.11. The zero-order valence-electron chi connectivity index (χ0n) is 12.9. The Morgan fingerprint density at radius 1 is 1.16 bits per heavy atom. The van der Waals surface area contributed by atoms with Crippen molar-refractivity contribution in [3.8, 4) is 12.3 Å².